The van der Waals surface area contributed by atoms with Crippen molar-refractivity contribution in [1.29, 1.82) is 0 Å². The lowest BCUT2D eigenvalue weighted by atomic mass is 9.91. The quantitative estimate of drug-likeness (QED) is 0.901. The zero-order valence-electron chi connectivity index (χ0n) is 11.7. The summed E-state index contributed by atoms with van der Waals surface area (Å²) >= 11 is 6.41. The highest BCUT2D eigenvalue weighted by atomic mass is 35.5. The number of rotatable bonds is 3. The molecule has 3 rings (SSSR count). The molecule has 2 aliphatic rings. The van der Waals surface area contributed by atoms with E-state index in [0.717, 1.165) is 29.8 Å². The first-order valence-corrected chi connectivity index (χ1v) is 7.39. The molecule has 1 saturated heterocycles. The highest BCUT2D eigenvalue weighted by Gasteiger charge is 2.34. The molecule has 0 aliphatic carbocycles. The summed E-state index contributed by atoms with van der Waals surface area (Å²) in [7, 11) is 1.92. The second kappa shape index (κ2) is 5.35. The molecular formula is C15H19ClN2O2. The Bertz CT molecular complexity index is 547. The molecule has 20 heavy (non-hydrogen) atoms. The van der Waals surface area contributed by atoms with E-state index in [4.69, 9.17) is 16.3 Å². The maximum atomic E-state index is 11.5. The highest BCUT2D eigenvalue weighted by molar-refractivity contribution is 6.32. The van der Waals surface area contributed by atoms with Gasteiger partial charge in [0, 0.05) is 17.3 Å². The summed E-state index contributed by atoms with van der Waals surface area (Å²) in [6, 6.07) is 3.94. The highest BCUT2D eigenvalue weighted by Crippen LogP contribution is 2.37. The molecule has 0 saturated carbocycles. The molecule has 1 aromatic carbocycles. The SMILES string of the molecule is CNC(c1cc2c(cc1Cl)NC(=O)C2)C1OCCC1C. The minimum absolute atomic E-state index is 0.0275. The van der Waals surface area contributed by atoms with Crippen molar-refractivity contribution >= 4 is 23.2 Å². The van der Waals surface area contributed by atoms with Crippen LogP contribution in [0.2, 0.25) is 5.02 Å². The summed E-state index contributed by atoms with van der Waals surface area (Å²) in [6.07, 6.45) is 1.63. The standard InChI is InChI=1S/C15H19ClN2O2/c1-8-3-4-20-15(8)14(17-2)10-5-9-6-13(19)18-12(9)7-11(10)16/h5,7-8,14-15,17H,3-4,6H2,1-2H3,(H,18,19). The minimum Gasteiger partial charge on any atom is -0.376 e. The van der Waals surface area contributed by atoms with Crippen LogP contribution in [-0.2, 0) is 16.0 Å². The van der Waals surface area contributed by atoms with Crippen molar-refractivity contribution in [2.45, 2.75) is 31.9 Å². The second-order valence-electron chi connectivity index (χ2n) is 5.62. The largest absolute Gasteiger partial charge is 0.376 e. The molecule has 0 aromatic heterocycles. The van der Waals surface area contributed by atoms with Crippen LogP contribution in [0.5, 0.6) is 0 Å². The van der Waals surface area contributed by atoms with Crippen molar-refractivity contribution in [1.82, 2.24) is 5.32 Å². The minimum atomic E-state index is 0.0275. The van der Waals surface area contributed by atoms with Gasteiger partial charge in [-0.05, 0) is 36.6 Å². The van der Waals surface area contributed by atoms with Gasteiger partial charge in [-0.2, -0.15) is 0 Å². The van der Waals surface area contributed by atoms with Gasteiger partial charge in [0.15, 0.2) is 0 Å². The lowest BCUT2D eigenvalue weighted by molar-refractivity contribution is -0.115. The van der Waals surface area contributed by atoms with Gasteiger partial charge in [-0.15, -0.1) is 0 Å². The average molecular weight is 295 g/mol. The zero-order chi connectivity index (χ0) is 14.3. The van der Waals surface area contributed by atoms with Crippen LogP contribution in [0.4, 0.5) is 5.69 Å². The number of likely N-dealkylation sites (N-methyl/N-ethyl adjacent to an activating group) is 1. The second-order valence-corrected chi connectivity index (χ2v) is 6.03. The molecule has 5 heteroatoms. The van der Waals surface area contributed by atoms with Crippen molar-refractivity contribution in [3.63, 3.8) is 0 Å². The van der Waals surface area contributed by atoms with Crippen molar-refractivity contribution < 1.29 is 9.53 Å². The van der Waals surface area contributed by atoms with Crippen LogP contribution in [0, 0.1) is 5.92 Å². The Hall–Kier alpha value is -1.10. The summed E-state index contributed by atoms with van der Waals surface area (Å²) in [5.74, 6) is 0.524. The third kappa shape index (κ3) is 2.32. The third-order valence-electron chi connectivity index (χ3n) is 4.27. The molecule has 0 spiro atoms. The smallest absolute Gasteiger partial charge is 0.228 e. The molecule has 0 bridgehead atoms. The molecule has 108 valence electrons. The van der Waals surface area contributed by atoms with Gasteiger partial charge in [-0.3, -0.25) is 4.79 Å². The van der Waals surface area contributed by atoms with Crippen molar-refractivity contribution in [3.05, 3.63) is 28.3 Å². The van der Waals surface area contributed by atoms with Crippen molar-refractivity contribution in [2.75, 3.05) is 19.0 Å². The van der Waals surface area contributed by atoms with Gasteiger partial charge >= 0.3 is 0 Å². The summed E-state index contributed by atoms with van der Waals surface area (Å²) < 4.78 is 5.86. The molecule has 2 N–H and O–H groups in total. The first-order valence-electron chi connectivity index (χ1n) is 7.01. The Labute approximate surface area is 123 Å². The van der Waals surface area contributed by atoms with E-state index < -0.39 is 0 Å². The van der Waals surface area contributed by atoms with E-state index in [1.807, 2.05) is 19.2 Å². The number of ether oxygens (including phenoxy) is 1. The lowest BCUT2D eigenvalue weighted by Gasteiger charge is -2.27. The zero-order valence-corrected chi connectivity index (χ0v) is 12.5. The van der Waals surface area contributed by atoms with E-state index in [-0.39, 0.29) is 18.1 Å². The van der Waals surface area contributed by atoms with E-state index in [1.165, 1.54) is 0 Å². The number of amides is 1. The number of carbonyl (C=O) groups is 1. The molecule has 3 unspecified atom stereocenters. The molecule has 2 aliphatic heterocycles. The Morgan fingerprint density at radius 2 is 2.30 bits per heavy atom. The number of hydrogen-bond acceptors (Lipinski definition) is 3. The fraction of sp³-hybridized carbons (Fsp3) is 0.533. The fourth-order valence-electron chi connectivity index (χ4n) is 3.15. The maximum absolute atomic E-state index is 11.5. The van der Waals surface area contributed by atoms with Gasteiger partial charge in [0.05, 0.1) is 18.6 Å². The lowest BCUT2D eigenvalue weighted by Crippen LogP contribution is -2.32. The molecule has 4 nitrogen and oxygen atoms in total. The fourth-order valence-corrected chi connectivity index (χ4v) is 3.43. The average Bonchev–Trinajstić information content (AvgIpc) is 2.96. The number of fused-ring (bicyclic) bond motifs is 1. The van der Waals surface area contributed by atoms with Crippen molar-refractivity contribution in [2.24, 2.45) is 5.92 Å². The van der Waals surface area contributed by atoms with E-state index in [9.17, 15) is 4.79 Å². The predicted octanol–water partition coefficient (Wildman–Crippen LogP) is 2.52. The third-order valence-corrected chi connectivity index (χ3v) is 4.59. The Balaban J connectivity index is 1.96. The van der Waals surface area contributed by atoms with Crippen LogP contribution in [0.3, 0.4) is 0 Å². The number of carbonyl (C=O) groups excluding carboxylic acids is 1. The first kappa shape index (κ1) is 13.9. The maximum Gasteiger partial charge on any atom is 0.228 e. The molecule has 1 aromatic rings. The van der Waals surface area contributed by atoms with E-state index in [2.05, 4.69) is 17.6 Å². The number of halogens is 1. The van der Waals surface area contributed by atoms with Crippen LogP contribution in [-0.4, -0.2) is 25.7 Å². The topological polar surface area (TPSA) is 50.4 Å². The number of benzene rings is 1. The molecular weight excluding hydrogens is 276 g/mol. The van der Waals surface area contributed by atoms with E-state index in [1.54, 1.807) is 0 Å². The van der Waals surface area contributed by atoms with Gasteiger partial charge in [0.2, 0.25) is 5.91 Å². The van der Waals surface area contributed by atoms with Gasteiger partial charge in [-0.1, -0.05) is 24.6 Å². The van der Waals surface area contributed by atoms with E-state index >= 15 is 0 Å². The van der Waals surface area contributed by atoms with Gasteiger partial charge in [0.1, 0.15) is 0 Å². The molecule has 3 atom stereocenters. The van der Waals surface area contributed by atoms with Gasteiger partial charge < -0.3 is 15.4 Å². The van der Waals surface area contributed by atoms with Crippen LogP contribution in [0.1, 0.15) is 30.5 Å². The summed E-state index contributed by atoms with van der Waals surface area (Å²) in [5, 5.41) is 6.82. The summed E-state index contributed by atoms with van der Waals surface area (Å²) in [6.45, 7) is 3.00. The Kier molecular flexibility index (Phi) is 3.71. The van der Waals surface area contributed by atoms with Crippen molar-refractivity contribution in [3.8, 4) is 0 Å². The number of anilines is 1. The van der Waals surface area contributed by atoms with Crippen LogP contribution >= 0.6 is 11.6 Å². The molecule has 2 heterocycles. The van der Waals surface area contributed by atoms with Gasteiger partial charge in [0.25, 0.3) is 0 Å². The van der Waals surface area contributed by atoms with Crippen LogP contribution < -0.4 is 10.6 Å². The van der Waals surface area contributed by atoms with Crippen LogP contribution in [0.15, 0.2) is 12.1 Å². The Morgan fingerprint density at radius 1 is 1.50 bits per heavy atom. The molecule has 0 radical (unpaired) electrons. The van der Waals surface area contributed by atoms with Crippen LogP contribution in [0.25, 0.3) is 0 Å². The summed E-state index contributed by atoms with van der Waals surface area (Å²) in [5.41, 5.74) is 2.86. The summed E-state index contributed by atoms with van der Waals surface area (Å²) in [4.78, 5) is 11.5. The normalized spacial score (nSPS) is 26.4. The predicted molar refractivity (Wildman–Crippen MR) is 79.1 cm³/mol. The van der Waals surface area contributed by atoms with Gasteiger partial charge in [-0.25, -0.2) is 0 Å². The Morgan fingerprint density at radius 3 is 2.95 bits per heavy atom. The first-order chi connectivity index (χ1) is 9.60. The monoisotopic (exact) mass is 294 g/mol. The molecule has 1 amide bonds. The number of nitrogens with one attached hydrogen (secondary N) is 2. The molecule has 1 fully saturated rings. The number of hydrogen-bond donors (Lipinski definition) is 2. The van der Waals surface area contributed by atoms with E-state index in [0.29, 0.717) is 17.4 Å².